The van der Waals surface area contributed by atoms with Gasteiger partial charge in [-0.15, -0.1) is 0 Å². The number of rotatable bonds is 4. The quantitative estimate of drug-likeness (QED) is 0.286. The van der Waals surface area contributed by atoms with Crippen molar-refractivity contribution in [3.05, 3.63) is 87.5 Å². The number of ether oxygens (including phenoxy) is 1. The van der Waals surface area contributed by atoms with Gasteiger partial charge in [0.05, 0.1) is 16.9 Å². The van der Waals surface area contributed by atoms with Gasteiger partial charge < -0.3 is 4.74 Å². The van der Waals surface area contributed by atoms with E-state index >= 15 is 0 Å². The molecule has 4 aliphatic heterocycles. The summed E-state index contributed by atoms with van der Waals surface area (Å²) in [5.41, 5.74) is 1.61. The zero-order chi connectivity index (χ0) is 24.9. The summed E-state index contributed by atoms with van der Waals surface area (Å²) in [6.07, 6.45) is -0.760. The minimum absolute atomic E-state index is 0.0829. The third-order valence-corrected chi connectivity index (χ3v) is 6.45. The van der Waals surface area contributed by atoms with Crippen LogP contribution in [-0.4, -0.2) is 56.2 Å². The molecule has 4 atom stereocenters. The van der Waals surface area contributed by atoms with Crippen molar-refractivity contribution in [2.45, 2.75) is 38.8 Å². The maximum Gasteiger partial charge on any atom is 0.431 e. The van der Waals surface area contributed by atoms with Crippen LogP contribution in [0.4, 0.5) is 10.5 Å². The van der Waals surface area contributed by atoms with E-state index in [4.69, 9.17) is 9.57 Å². The van der Waals surface area contributed by atoms with Gasteiger partial charge >= 0.3 is 6.09 Å². The van der Waals surface area contributed by atoms with Crippen LogP contribution >= 0.6 is 0 Å². The summed E-state index contributed by atoms with van der Waals surface area (Å²) in [6, 6.07) is 13.6. The molecule has 6 rings (SSSR count). The molecule has 2 bridgehead atoms. The van der Waals surface area contributed by atoms with Gasteiger partial charge in [-0.05, 0) is 48.4 Å². The molecule has 4 heterocycles. The molecular weight excluding hydrogens is 456 g/mol. The first-order chi connectivity index (χ1) is 16.8. The molecule has 2 fully saturated rings. The molecule has 4 aliphatic rings. The summed E-state index contributed by atoms with van der Waals surface area (Å²) in [4.78, 5) is 55.9. The van der Waals surface area contributed by atoms with E-state index in [9.17, 15) is 24.5 Å². The van der Waals surface area contributed by atoms with Gasteiger partial charge in [0.25, 0.3) is 11.6 Å². The average Bonchev–Trinajstić information content (AvgIpc) is 3.07. The Balaban J connectivity index is 1.44. The van der Waals surface area contributed by atoms with Gasteiger partial charge in [-0.2, -0.15) is 10.1 Å². The first-order valence-electron chi connectivity index (χ1n) is 11.0. The smallest absolute Gasteiger partial charge is 0.431 e. The van der Waals surface area contributed by atoms with Crippen molar-refractivity contribution in [1.82, 2.24) is 15.1 Å². The Kier molecular flexibility index (Phi) is 5.48. The van der Waals surface area contributed by atoms with Gasteiger partial charge in [0.15, 0.2) is 6.17 Å². The Bertz CT molecular complexity index is 1230. The summed E-state index contributed by atoms with van der Waals surface area (Å²) in [5, 5.41) is 14.4. The molecule has 3 amide bonds. The number of nitro benzene ring substituents is 1. The Morgan fingerprint density at radius 3 is 2.46 bits per heavy atom. The lowest BCUT2D eigenvalue weighted by Crippen LogP contribution is -2.70. The standard InChI is InChI=1S/C24H22N4O7/c1-14-12-19-25(24(31)34-13-16-8-10-18(11-9-16)28(32)33)26-20(15(2)22(26)29)21(14)35-27(19)23(30)17-6-4-3-5-7-17/h3-12,15,19-21H,13H2,1-2H3. The predicted molar refractivity (Wildman–Crippen MR) is 120 cm³/mol. The fourth-order valence-electron chi connectivity index (χ4n) is 4.56. The molecule has 0 N–H and O–H groups in total. The molecule has 0 aromatic heterocycles. The maximum atomic E-state index is 13.3. The minimum Gasteiger partial charge on any atom is -0.443 e. The van der Waals surface area contributed by atoms with Gasteiger partial charge in [0, 0.05) is 17.7 Å². The van der Waals surface area contributed by atoms with E-state index in [-0.39, 0.29) is 18.2 Å². The highest BCUT2D eigenvalue weighted by atomic mass is 16.7. The van der Waals surface area contributed by atoms with Crippen LogP contribution in [0.15, 0.2) is 66.2 Å². The number of nitrogens with zero attached hydrogens (tertiary/aromatic N) is 4. The molecule has 2 aromatic rings. The van der Waals surface area contributed by atoms with E-state index in [0.717, 1.165) is 15.6 Å². The van der Waals surface area contributed by atoms with Crippen molar-refractivity contribution in [3.63, 3.8) is 0 Å². The van der Waals surface area contributed by atoms with Crippen molar-refractivity contribution >= 4 is 23.6 Å². The normalized spacial score (nSPS) is 24.8. The number of benzene rings is 2. The van der Waals surface area contributed by atoms with Crippen LogP contribution in [0.3, 0.4) is 0 Å². The Morgan fingerprint density at radius 2 is 1.80 bits per heavy atom. The Hall–Kier alpha value is -4.25. The molecule has 0 aliphatic carbocycles. The third-order valence-electron chi connectivity index (χ3n) is 6.45. The number of hydrogen-bond donors (Lipinski definition) is 0. The second-order valence-electron chi connectivity index (χ2n) is 8.63. The molecule has 0 saturated carbocycles. The van der Waals surface area contributed by atoms with Gasteiger partial charge in [0.1, 0.15) is 12.7 Å². The lowest BCUT2D eigenvalue weighted by Gasteiger charge is -2.49. The molecule has 180 valence electrons. The molecule has 11 nitrogen and oxygen atoms in total. The zero-order valence-corrected chi connectivity index (χ0v) is 18.9. The topological polar surface area (TPSA) is 123 Å². The SMILES string of the molecule is CC1=CC2N(C(=O)c3ccccc3)OC1C1C(C)C(=O)N1N2C(=O)OCc1ccc([N+](=O)[O-])cc1. The zero-order valence-electron chi connectivity index (χ0n) is 18.9. The number of β-lactam (4-membered cyclic amide) rings is 1. The van der Waals surface area contributed by atoms with Crippen LogP contribution in [0.5, 0.6) is 0 Å². The molecule has 0 radical (unpaired) electrons. The molecule has 11 heteroatoms. The second-order valence-corrected chi connectivity index (χ2v) is 8.63. The molecule has 2 saturated heterocycles. The molecular formula is C24H22N4O7. The highest BCUT2D eigenvalue weighted by Gasteiger charge is 2.61. The number of carbonyl (C=O) groups excluding carboxylic acids is 3. The van der Waals surface area contributed by atoms with Crippen LogP contribution < -0.4 is 0 Å². The number of hydrogen-bond acceptors (Lipinski definition) is 7. The largest absolute Gasteiger partial charge is 0.443 e. The van der Waals surface area contributed by atoms with E-state index in [1.807, 2.05) is 6.92 Å². The third kappa shape index (κ3) is 3.69. The highest BCUT2D eigenvalue weighted by Crippen LogP contribution is 2.43. The van der Waals surface area contributed by atoms with Crippen LogP contribution in [0.1, 0.15) is 29.8 Å². The van der Waals surface area contributed by atoms with E-state index in [1.54, 1.807) is 43.3 Å². The molecule has 0 spiro atoms. The lowest BCUT2D eigenvalue weighted by atomic mass is 9.84. The minimum atomic E-state index is -1.04. The van der Waals surface area contributed by atoms with Crippen molar-refractivity contribution in [3.8, 4) is 0 Å². The van der Waals surface area contributed by atoms with Gasteiger partial charge in [0.2, 0.25) is 5.91 Å². The van der Waals surface area contributed by atoms with Crippen molar-refractivity contribution in [2.24, 2.45) is 5.92 Å². The predicted octanol–water partition coefficient (Wildman–Crippen LogP) is 3.04. The first kappa shape index (κ1) is 22.5. The van der Waals surface area contributed by atoms with Crippen LogP contribution in [0.2, 0.25) is 0 Å². The summed E-state index contributed by atoms with van der Waals surface area (Å²) in [7, 11) is 0. The van der Waals surface area contributed by atoms with Crippen LogP contribution in [0, 0.1) is 16.0 Å². The van der Waals surface area contributed by atoms with Crippen molar-refractivity contribution < 1.29 is 28.9 Å². The van der Waals surface area contributed by atoms with Gasteiger partial charge in [-0.1, -0.05) is 25.1 Å². The number of amides is 3. The number of carbonyl (C=O) groups is 3. The molecule has 2 aromatic carbocycles. The van der Waals surface area contributed by atoms with Gasteiger partial charge in [-0.3, -0.25) is 24.5 Å². The highest BCUT2D eigenvalue weighted by molar-refractivity contribution is 5.95. The second kappa shape index (κ2) is 8.51. The van der Waals surface area contributed by atoms with E-state index in [2.05, 4.69) is 0 Å². The number of nitro groups is 1. The fourth-order valence-corrected chi connectivity index (χ4v) is 4.56. The van der Waals surface area contributed by atoms with Gasteiger partial charge in [-0.25, -0.2) is 9.80 Å². The van der Waals surface area contributed by atoms with Crippen LogP contribution in [0.25, 0.3) is 0 Å². The Morgan fingerprint density at radius 1 is 1.11 bits per heavy atom. The maximum absolute atomic E-state index is 13.3. The first-order valence-corrected chi connectivity index (χ1v) is 11.0. The lowest BCUT2D eigenvalue weighted by molar-refractivity contribution is -0.384. The van der Waals surface area contributed by atoms with Crippen LogP contribution in [-0.2, 0) is 21.0 Å². The molecule has 35 heavy (non-hydrogen) atoms. The van der Waals surface area contributed by atoms with Crippen molar-refractivity contribution in [2.75, 3.05) is 0 Å². The number of hydrazine groups is 1. The summed E-state index contributed by atoms with van der Waals surface area (Å²) < 4.78 is 5.48. The van der Waals surface area contributed by atoms with E-state index < -0.39 is 41.2 Å². The monoisotopic (exact) mass is 478 g/mol. The molecule has 4 unspecified atom stereocenters. The Labute approximate surface area is 200 Å². The fraction of sp³-hybridized carbons (Fsp3) is 0.292. The summed E-state index contributed by atoms with van der Waals surface area (Å²) in [6.45, 7) is 3.41. The average molecular weight is 478 g/mol. The number of fused-ring (bicyclic) bond motifs is 1. The van der Waals surface area contributed by atoms with Crippen molar-refractivity contribution in [1.29, 1.82) is 0 Å². The summed E-state index contributed by atoms with van der Waals surface area (Å²) >= 11 is 0. The summed E-state index contributed by atoms with van der Waals surface area (Å²) in [5.74, 6) is -1.16. The number of hydroxylamine groups is 2. The van der Waals surface area contributed by atoms with E-state index in [1.165, 1.54) is 29.3 Å². The number of non-ortho nitro benzene ring substituents is 1. The van der Waals surface area contributed by atoms with E-state index in [0.29, 0.717) is 11.1 Å².